The molecule has 0 unspecified atom stereocenters. The van der Waals surface area contributed by atoms with Gasteiger partial charge in [-0.3, -0.25) is 9.52 Å². The fraction of sp³-hybridized carbons (Fsp3) is 0.529. The van der Waals surface area contributed by atoms with Gasteiger partial charge in [0, 0.05) is 38.3 Å². The van der Waals surface area contributed by atoms with Crippen molar-refractivity contribution in [2.75, 3.05) is 38.1 Å². The molecular weight excluding hydrogens is 673 g/mol. The third-order valence-corrected chi connectivity index (χ3v) is 12.2. The van der Waals surface area contributed by atoms with Crippen LogP contribution in [0.5, 0.6) is 5.75 Å². The molecule has 0 saturated heterocycles. The molecule has 2 N–H and O–H groups in total. The van der Waals surface area contributed by atoms with E-state index in [0.717, 1.165) is 12.0 Å². The smallest absolute Gasteiger partial charge is 0.261 e. The molecule has 0 spiro atoms. The summed E-state index contributed by atoms with van der Waals surface area (Å²) in [4.78, 5) is 16.0. The molecule has 0 aliphatic carbocycles. The normalized spacial score (nSPS) is 20.7. The zero-order valence-electron chi connectivity index (χ0n) is 29.2. The Morgan fingerprint density at radius 3 is 2.39 bits per heavy atom. The van der Waals surface area contributed by atoms with E-state index in [-0.39, 0.29) is 64.0 Å². The molecule has 3 aromatic rings. The molecule has 49 heavy (non-hydrogen) atoms. The van der Waals surface area contributed by atoms with Gasteiger partial charge in [0.05, 0.1) is 35.3 Å². The third kappa shape index (κ3) is 9.19. The maximum Gasteiger partial charge on any atom is 0.261 e. The van der Waals surface area contributed by atoms with E-state index in [1.54, 1.807) is 45.0 Å². The molecule has 1 aromatic heterocycles. The summed E-state index contributed by atoms with van der Waals surface area (Å²) < 4.78 is 75.0. The summed E-state index contributed by atoms with van der Waals surface area (Å²) in [5.41, 5.74) is 1.46. The molecule has 1 aliphatic heterocycles. The molecule has 2 heterocycles. The van der Waals surface area contributed by atoms with Gasteiger partial charge < -0.3 is 24.0 Å². The van der Waals surface area contributed by atoms with E-state index in [0.29, 0.717) is 19.4 Å². The third-order valence-electron chi connectivity index (χ3n) is 8.71. The fourth-order valence-electron chi connectivity index (χ4n) is 5.73. The monoisotopic (exact) mass is 720 g/mol. The number of nitrogens with zero attached hydrogens (tertiary/aromatic N) is 3. The van der Waals surface area contributed by atoms with Crippen LogP contribution >= 0.6 is 0 Å². The highest BCUT2D eigenvalue weighted by Gasteiger charge is 2.34. The van der Waals surface area contributed by atoms with E-state index in [2.05, 4.69) is 9.88 Å². The highest BCUT2D eigenvalue weighted by Crippen LogP contribution is 2.30. The number of aryl methyl sites for hydroxylation is 3. The minimum atomic E-state index is -3.97. The molecule has 0 saturated carbocycles. The number of hydrogen-bond donors (Lipinski definition) is 2. The second-order valence-electron chi connectivity index (χ2n) is 12.9. The lowest BCUT2D eigenvalue weighted by molar-refractivity contribution is -0.00835. The summed E-state index contributed by atoms with van der Waals surface area (Å²) in [5.74, 6) is -0.406. The van der Waals surface area contributed by atoms with Crippen LogP contribution in [-0.2, 0) is 24.8 Å². The van der Waals surface area contributed by atoms with Crippen molar-refractivity contribution in [1.82, 2.24) is 14.4 Å². The van der Waals surface area contributed by atoms with Gasteiger partial charge >= 0.3 is 0 Å². The van der Waals surface area contributed by atoms with Crippen molar-refractivity contribution >= 4 is 31.6 Å². The van der Waals surface area contributed by atoms with E-state index in [1.165, 1.54) is 34.5 Å². The molecule has 270 valence electrons. The summed E-state index contributed by atoms with van der Waals surface area (Å²) in [7, 11) is -6.47. The molecule has 13 nitrogen and oxygen atoms in total. The zero-order chi connectivity index (χ0) is 36.1. The molecule has 0 radical (unpaired) electrons. The van der Waals surface area contributed by atoms with Crippen LogP contribution in [0, 0.1) is 26.7 Å². The summed E-state index contributed by atoms with van der Waals surface area (Å²) >= 11 is 0. The molecule has 1 aliphatic rings. The largest absolute Gasteiger partial charge is 0.490 e. The van der Waals surface area contributed by atoms with Gasteiger partial charge in [0.2, 0.25) is 10.0 Å². The number of benzene rings is 2. The molecular formula is C34H48N4O9S2. The predicted molar refractivity (Wildman–Crippen MR) is 185 cm³/mol. The van der Waals surface area contributed by atoms with Gasteiger partial charge in [-0.05, 0) is 84.2 Å². The summed E-state index contributed by atoms with van der Waals surface area (Å²) in [5, 5.41) is 14.0. The SMILES string of the molecule is Cc1ccc(S(=O)(=O)Nc2ccc3c(c2)C(=O)N([C@H](C)CO)C[C@H](C)[C@H](CN(C)S(=O)(=O)c2c(C)noc2C)OCCCC[C@@H](C)O3)cc1. The number of likely N-dealkylation sites (N-methyl/N-ethyl adjacent to an activating group) is 1. The van der Waals surface area contributed by atoms with E-state index in [1.807, 2.05) is 20.8 Å². The van der Waals surface area contributed by atoms with E-state index < -0.39 is 44.0 Å². The van der Waals surface area contributed by atoms with Gasteiger partial charge in [-0.15, -0.1) is 0 Å². The van der Waals surface area contributed by atoms with Crippen LogP contribution in [0.25, 0.3) is 0 Å². The van der Waals surface area contributed by atoms with Gasteiger partial charge in [-0.25, -0.2) is 16.8 Å². The van der Waals surface area contributed by atoms with Gasteiger partial charge in [0.15, 0.2) is 5.76 Å². The molecule has 4 rings (SSSR count). The Morgan fingerprint density at radius 2 is 1.76 bits per heavy atom. The van der Waals surface area contributed by atoms with Crippen molar-refractivity contribution in [3.8, 4) is 5.75 Å². The number of amides is 1. The zero-order valence-corrected chi connectivity index (χ0v) is 30.8. The maximum absolute atomic E-state index is 14.4. The van der Waals surface area contributed by atoms with Crippen molar-refractivity contribution < 1.29 is 40.7 Å². The van der Waals surface area contributed by atoms with Crippen LogP contribution in [0.15, 0.2) is 56.8 Å². The first-order chi connectivity index (χ1) is 23.0. The highest BCUT2D eigenvalue weighted by atomic mass is 32.2. The lowest BCUT2D eigenvalue weighted by atomic mass is 10.0. The Bertz CT molecular complexity index is 1790. The average Bonchev–Trinajstić information content (AvgIpc) is 3.40. The standard InChI is InChI=1S/C34H48N4O9S2/c1-22-11-14-29(15-12-22)48(41,42)36-28-13-16-31-30(18-28)34(40)38(24(3)21-39)19-23(2)32(45-17-9-8-10-25(4)46-31)20-37(7)49(43,44)33-26(5)35-47-27(33)6/h11-16,18,23-25,32,36,39H,8-10,17,19-21H2,1-7H3/t23-,24+,25+,32-/m0/s1. The van der Waals surface area contributed by atoms with Gasteiger partial charge in [0.1, 0.15) is 16.3 Å². The molecule has 4 atom stereocenters. The first-order valence-corrected chi connectivity index (χ1v) is 19.3. The van der Waals surface area contributed by atoms with Crippen molar-refractivity contribution in [2.45, 2.75) is 88.8 Å². The summed E-state index contributed by atoms with van der Waals surface area (Å²) in [6.45, 7) is 10.5. The fourth-order valence-corrected chi connectivity index (χ4v) is 8.25. The Kier molecular flexibility index (Phi) is 12.5. The number of carbonyl (C=O) groups excluding carboxylic acids is 1. The van der Waals surface area contributed by atoms with E-state index >= 15 is 0 Å². The van der Waals surface area contributed by atoms with Crippen molar-refractivity contribution in [2.24, 2.45) is 5.92 Å². The number of fused-ring (bicyclic) bond motifs is 1. The number of ether oxygens (including phenoxy) is 2. The van der Waals surface area contributed by atoms with Crippen LogP contribution < -0.4 is 9.46 Å². The minimum Gasteiger partial charge on any atom is -0.490 e. The number of hydrogen-bond acceptors (Lipinski definition) is 10. The number of carbonyl (C=O) groups is 1. The number of anilines is 1. The van der Waals surface area contributed by atoms with Crippen molar-refractivity contribution in [3.05, 3.63) is 65.0 Å². The molecule has 1 amide bonds. The highest BCUT2D eigenvalue weighted by molar-refractivity contribution is 7.92. The number of aliphatic hydroxyl groups is 1. The average molecular weight is 721 g/mol. The number of sulfonamides is 2. The number of aromatic nitrogens is 1. The van der Waals surface area contributed by atoms with Crippen LogP contribution in [0.4, 0.5) is 5.69 Å². The Hall–Kier alpha value is -3.50. The molecule has 0 bridgehead atoms. The molecule has 2 aromatic carbocycles. The number of nitrogens with one attached hydrogen (secondary N) is 1. The quantitative estimate of drug-likeness (QED) is 0.321. The summed E-state index contributed by atoms with van der Waals surface area (Å²) in [6.07, 6.45) is 1.19. The lowest BCUT2D eigenvalue weighted by Gasteiger charge is -2.35. The lowest BCUT2D eigenvalue weighted by Crippen LogP contribution is -2.48. The Labute approximate surface area is 289 Å². The van der Waals surface area contributed by atoms with E-state index in [9.17, 15) is 26.7 Å². The number of aliphatic hydroxyl groups excluding tert-OH is 1. The number of rotatable bonds is 9. The Morgan fingerprint density at radius 1 is 1.06 bits per heavy atom. The molecule has 0 fully saturated rings. The van der Waals surface area contributed by atoms with Crippen LogP contribution in [0.2, 0.25) is 0 Å². The van der Waals surface area contributed by atoms with Gasteiger partial charge in [0.25, 0.3) is 15.9 Å². The first kappa shape index (κ1) is 38.3. The van der Waals surface area contributed by atoms with Crippen LogP contribution in [0.3, 0.4) is 0 Å². The molecule has 15 heteroatoms. The second kappa shape index (κ2) is 16.0. The van der Waals surface area contributed by atoms with Crippen molar-refractivity contribution in [3.63, 3.8) is 0 Å². The van der Waals surface area contributed by atoms with Crippen LogP contribution in [-0.4, -0.2) is 93.8 Å². The second-order valence-corrected chi connectivity index (χ2v) is 16.5. The summed E-state index contributed by atoms with van der Waals surface area (Å²) in [6, 6.07) is 10.3. The maximum atomic E-state index is 14.4. The van der Waals surface area contributed by atoms with Gasteiger partial charge in [-0.2, -0.15) is 4.31 Å². The minimum absolute atomic E-state index is 0.00801. The van der Waals surface area contributed by atoms with E-state index in [4.69, 9.17) is 14.0 Å². The van der Waals surface area contributed by atoms with Crippen LogP contribution in [0.1, 0.15) is 67.4 Å². The van der Waals surface area contributed by atoms with Gasteiger partial charge in [-0.1, -0.05) is 29.8 Å². The first-order valence-electron chi connectivity index (χ1n) is 16.4. The van der Waals surface area contributed by atoms with Crippen molar-refractivity contribution in [1.29, 1.82) is 0 Å². The Balaban J connectivity index is 1.69. The predicted octanol–water partition coefficient (Wildman–Crippen LogP) is 4.52. The topological polar surface area (TPSA) is 169 Å².